The molecule has 0 unspecified atom stereocenters. The van der Waals surface area contributed by atoms with Crippen molar-refractivity contribution < 1.29 is 9.53 Å². The lowest BCUT2D eigenvalue weighted by molar-refractivity contribution is 0.0708. The standard InChI is InChI=1S/C13H17BrN2O2/c1-18-12-5-4-9(7-11(12)14)13(17)16-6-2-3-10(15)8-16/h4-5,7,10H,2-3,6,8,15H2,1H3/t10-/m1/s1. The molecule has 1 heterocycles. The van der Waals surface area contributed by atoms with E-state index in [1.165, 1.54) is 0 Å². The maximum atomic E-state index is 12.3. The number of ether oxygens (including phenoxy) is 1. The minimum Gasteiger partial charge on any atom is -0.496 e. The van der Waals surface area contributed by atoms with Crippen molar-refractivity contribution in [2.45, 2.75) is 18.9 Å². The van der Waals surface area contributed by atoms with Crippen LogP contribution in [0, 0.1) is 0 Å². The molecule has 2 rings (SSSR count). The lowest BCUT2D eigenvalue weighted by Crippen LogP contribution is -2.45. The van der Waals surface area contributed by atoms with E-state index in [4.69, 9.17) is 10.5 Å². The van der Waals surface area contributed by atoms with Crippen LogP contribution in [0.2, 0.25) is 0 Å². The smallest absolute Gasteiger partial charge is 0.253 e. The van der Waals surface area contributed by atoms with Gasteiger partial charge in [0.25, 0.3) is 5.91 Å². The van der Waals surface area contributed by atoms with Crippen molar-refractivity contribution in [1.82, 2.24) is 4.90 Å². The number of piperidine rings is 1. The molecule has 1 atom stereocenters. The summed E-state index contributed by atoms with van der Waals surface area (Å²) in [6.45, 7) is 1.43. The number of nitrogens with two attached hydrogens (primary N) is 1. The number of amides is 1. The fraction of sp³-hybridized carbons (Fsp3) is 0.462. The van der Waals surface area contributed by atoms with Crippen molar-refractivity contribution in [3.05, 3.63) is 28.2 Å². The predicted octanol–water partition coefficient (Wildman–Crippen LogP) is 2.02. The molecule has 1 fully saturated rings. The molecule has 0 radical (unpaired) electrons. The highest BCUT2D eigenvalue weighted by atomic mass is 79.9. The molecule has 0 bridgehead atoms. The quantitative estimate of drug-likeness (QED) is 0.909. The maximum Gasteiger partial charge on any atom is 0.253 e. The third kappa shape index (κ3) is 2.84. The number of hydrogen-bond acceptors (Lipinski definition) is 3. The zero-order chi connectivity index (χ0) is 13.1. The number of carbonyl (C=O) groups excluding carboxylic acids is 1. The summed E-state index contributed by atoms with van der Waals surface area (Å²) in [4.78, 5) is 14.1. The van der Waals surface area contributed by atoms with Crippen molar-refractivity contribution in [3.8, 4) is 5.75 Å². The van der Waals surface area contributed by atoms with E-state index in [0.29, 0.717) is 12.1 Å². The minimum absolute atomic E-state index is 0.0357. The Labute approximate surface area is 115 Å². The summed E-state index contributed by atoms with van der Waals surface area (Å²) < 4.78 is 5.94. The molecule has 2 N–H and O–H groups in total. The minimum atomic E-state index is 0.0357. The van der Waals surface area contributed by atoms with Crippen LogP contribution in [-0.4, -0.2) is 37.0 Å². The molecule has 1 saturated heterocycles. The van der Waals surface area contributed by atoms with Gasteiger partial charge in [-0.15, -0.1) is 0 Å². The van der Waals surface area contributed by atoms with Crippen molar-refractivity contribution in [1.29, 1.82) is 0 Å². The molecule has 1 aliphatic rings. The Kier molecular flexibility index (Phi) is 4.24. The second-order valence-electron chi connectivity index (χ2n) is 4.50. The third-order valence-corrected chi connectivity index (χ3v) is 3.76. The van der Waals surface area contributed by atoms with Crippen molar-refractivity contribution in [3.63, 3.8) is 0 Å². The van der Waals surface area contributed by atoms with E-state index in [2.05, 4.69) is 15.9 Å². The van der Waals surface area contributed by atoms with Crippen LogP contribution in [-0.2, 0) is 0 Å². The van der Waals surface area contributed by atoms with Crippen LogP contribution in [0.15, 0.2) is 22.7 Å². The first kappa shape index (κ1) is 13.4. The van der Waals surface area contributed by atoms with E-state index < -0.39 is 0 Å². The molecular formula is C13H17BrN2O2. The second kappa shape index (κ2) is 5.71. The van der Waals surface area contributed by atoms with Gasteiger partial charge < -0.3 is 15.4 Å². The first-order chi connectivity index (χ1) is 8.61. The third-order valence-electron chi connectivity index (χ3n) is 3.14. The van der Waals surface area contributed by atoms with Crippen molar-refractivity contribution in [2.24, 2.45) is 5.73 Å². The van der Waals surface area contributed by atoms with Gasteiger partial charge in [0.2, 0.25) is 0 Å². The Bertz CT molecular complexity index is 451. The molecule has 0 aliphatic carbocycles. The van der Waals surface area contributed by atoms with Gasteiger partial charge in [-0.25, -0.2) is 0 Å². The van der Waals surface area contributed by atoms with Gasteiger partial charge in [0, 0.05) is 24.7 Å². The topological polar surface area (TPSA) is 55.6 Å². The van der Waals surface area contributed by atoms with Gasteiger partial charge in [-0.3, -0.25) is 4.79 Å². The van der Waals surface area contributed by atoms with Crippen LogP contribution in [0.4, 0.5) is 0 Å². The SMILES string of the molecule is COc1ccc(C(=O)N2CCC[C@@H](N)C2)cc1Br. The van der Waals surface area contributed by atoms with Gasteiger partial charge in [0.1, 0.15) is 5.75 Å². The number of halogens is 1. The van der Waals surface area contributed by atoms with Gasteiger partial charge in [0.05, 0.1) is 11.6 Å². The Hall–Kier alpha value is -1.07. The monoisotopic (exact) mass is 312 g/mol. The summed E-state index contributed by atoms with van der Waals surface area (Å²) >= 11 is 3.39. The molecule has 1 aliphatic heterocycles. The number of nitrogens with zero attached hydrogens (tertiary/aromatic N) is 1. The summed E-state index contributed by atoms with van der Waals surface area (Å²) in [5.74, 6) is 0.760. The maximum absolute atomic E-state index is 12.3. The van der Waals surface area contributed by atoms with Crippen LogP contribution in [0.5, 0.6) is 5.75 Å². The Morgan fingerprint density at radius 2 is 2.33 bits per heavy atom. The van der Waals surface area contributed by atoms with E-state index in [9.17, 15) is 4.79 Å². The number of rotatable bonds is 2. The van der Waals surface area contributed by atoms with Gasteiger partial charge in [-0.2, -0.15) is 0 Å². The molecule has 1 aromatic rings. The van der Waals surface area contributed by atoms with E-state index in [1.54, 1.807) is 25.3 Å². The second-order valence-corrected chi connectivity index (χ2v) is 5.36. The Morgan fingerprint density at radius 3 is 2.94 bits per heavy atom. The highest BCUT2D eigenvalue weighted by Gasteiger charge is 2.22. The zero-order valence-corrected chi connectivity index (χ0v) is 11.9. The summed E-state index contributed by atoms with van der Waals surface area (Å²) in [5, 5.41) is 0. The lowest BCUT2D eigenvalue weighted by atomic mass is 10.1. The number of likely N-dealkylation sites (tertiary alicyclic amines) is 1. The summed E-state index contributed by atoms with van der Waals surface area (Å²) in [5.41, 5.74) is 6.56. The van der Waals surface area contributed by atoms with Gasteiger partial charge >= 0.3 is 0 Å². The molecule has 1 aromatic carbocycles. The molecule has 98 valence electrons. The van der Waals surface area contributed by atoms with Crippen LogP contribution >= 0.6 is 15.9 Å². The fourth-order valence-electron chi connectivity index (χ4n) is 2.18. The highest BCUT2D eigenvalue weighted by molar-refractivity contribution is 9.10. The van der Waals surface area contributed by atoms with E-state index >= 15 is 0 Å². The van der Waals surface area contributed by atoms with E-state index in [0.717, 1.165) is 29.6 Å². The number of benzene rings is 1. The normalized spacial score (nSPS) is 19.7. The molecule has 0 aromatic heterocycles. The molecule has 4 nitrogen and oxygen atoms in total. The Morgan fingerprint density at radius 1 is 1.56 bits per heavy atom. The van der Waals surface area contributed by atoms with Gasteiger partial charge in [0.15, 0.2) is 0 Å². The average molecular weight is 313 g/mol. The molecule has 18 heavy (non-hydrogen) atoms. The van der Waals surface area contributed by atoms with Crippen molar-refractivity contribution >= 4 is 21.8 Å². The van der Waals surface area contributed by atoms with Crippen LogP contribution < -0.4 is 10.5 Å². The summed E-state index contributed by atoms with van der Waals surface area (Å²) in [7, 11) is 1.60. The van der Waals surface area contributed by atoms with E-state index in [-0.39, 0.29) is 11.9 Å². The fourth-order valence-corrected chi connectivity index (χ4v) is 2.72. The number of methoxy groups -OCH3 is 1. The molecule has 1 amide bonds. The molecule has 0 saturated carbocycles. The largest absolute Gasteiger partial charge is 0.496 e. The van der Waals surface area contributed by atoms with Crippen LogP contribution in [0.1, 0.15) is 23.2 Å². The van der Waals surface area contributed by atoms with Crippen molar-refractivity contribution in [2.75, 3.05) is 20.2 Å². The zero-order valence-electron chi connectivity index (χ0n) is 10.4. The predicted molar refractivity (Wildman–Crippen MR) is 73.8 cm³/mol. The molecular weight excluding hydrogens is 296 g/mol. The lowest BCUT2D eigenvalue weighted by Gasteiger charge is -2.30. The van der Waals surface area contributed by atoms with Gasteiger partial charge in [-0.1, -0.05) is 0 Å². The van der Waals surface area contributed by atoms with E-state index in [1.807, 2.05) is 4.90 Å². The average Bonchev–Trinajstić information content (AvgIpc) is 2.37. The van der Waals surface area contributed by atoms with Crippen LogP contribution in [0.25, 0.3) is 0 Å². The first-order valence-corrected chi connectivity index (χ1v) is 6.79. The summed E-state index contributed by atoms with van der Waals surface area (Å²) in [6.07, 6.45) is 1.97. The highest BCUT2D eigenvalue weighted by Crippen LogP contribution is 2.26. The number of hydrogen-bond donors (Lipinski definition) is 1. The number of carbonyl (C=O) groups is 1. The van der Waals surface area contributed by atoms with Gasteiger partial charge in [-0.05, 0) is 47.0 Å². The first-order valence-electron chi connectivity index (χ1n) is 6.00. The molecule has 0 spiro atoms. The summed E-state index contributed by atoms with van der Waals surface area (Å²) in [6, 6.07) is 5.47. The Balaban J connectivity index is 2.15. The van der Waals surface area contributed by atoms with Crippen LogP contribution in [0.3, 0.4) is 0 Å². The molecule has 5 heteroatoms.